The molecule has 2 amide bonds. The van der Waals surface area contributed by atoms with E-state index in [1.165, 1.54) is 4.90 Å². The number of carbonyl (C=O) groups excluding carboxylic acids is 2. The van der Waals surface area contributed by atoms with Crippen LogP contribution in [-0.2, 0) is 22.4 Å². The second-order valence-electron chi connectivity index (χ2n) is 14.2. The maximum absolute atomic E-state index is 13.3. The summed E-state index contributed by atoms with van der Waals surface area (Å²) in [6, 6.07) is 11.9. The average molecular weight is 631 g/mol. The summed E-state index contributed by atoms with van der Waals surface area (Å²) in [4.78, 5) is 49.4. The Hall–Kier alpha value is -3.76. The number of nitrogens with zero attached hydrogens (tertiary/aromatic N) is 4. The van der Waals surface area contributed by atoms with Crippen LogP contribution in [0.15, 0.2) is 42.6 Å². The predicted molar refractivity (Wildman–Crippen MR) is 176 cm³/mol. The lowest BCUT2D eigenvalue weighted by molar-refractivity contribution is -0.138. The van der Waals surface area contributed by atoms with Crippen molar-refractivity contribution in [2.75, 3.05) is 44.3 Å². The number of fused-ring (bicyclic) bond motifs is 1. The fourth-order valence-electron chi connectivity index (χ4n) is 6.87. The van der Waals surface area contributed by atoms with Crippen LogP contribution in [0.25, 0.3) is 22.4 Å². The van der Waals surface area contributed by atoms with Crippen LogP contribution < -0.4 is 4.90 Å². The Morgan fingerprint density at radius 2 is 1.82 bits per heavy atom. The number of Topliss-reactive ketones (excluding diaryl/α,β-unsaturated/α-hetero) is 1. The quantitative estimate of drug-likeness (QED) is 0.356. The van der Waals surface area contributed by atoms with Crippen LogP contribution in [0.1, 0.15) is 61.8 Å². The van der Waals surface area contributed by atoms with Gasteiger partial charge in [-0.25, -0.2) is 4.79 Å². The van der Waals surface area contributed by atoms with E-state index in [1.54, 1.807) is 16.2 Å². The number of hydrogen-bond donors (Lipinski definition) is 1. The third kappa shape index (κ3) is 6.35. The summed E-state index contributed by atoms with van der Waals surface area (Å²) < 4.78 is 5.64. The molecule has 0 radical (unpaired) electrons. The summed E-state index contributed by atoms with van der Waals surface area (Å²) in [7, 11) is 0. The molecule has 3 aromatic rings. The third-order valence-electron chi connectivity index (χ3n) is 8.97. The van der Waals surface area contributed by atoms with E-state index >= 15 is 0 Å². The van der Waals surface area contributed by atoms with Crippen molar-refractivity contribution in [2.24, 2.45) is 5.41 Å². The minimum atomic E-state index is -0.961. The number of carboxylic acid groups (broad SMARTS) is 1. The van der Waals surface area contributed by atoms with E-state index in [9.17, 15) is 19.5 Å². The van der Waals surface area contributed by atoms with E-state index in [4.69, 9.17) is 9.72 Å². The summed E-state index contributed by atoms with van der Waals surface area (Å²) in [5.41, 5.74) is 5.29. The van der Waals surface area contributed by atoms with Crippen molar-refractivity contribution in [1.82, 2.24) is 14.8 Å². The van der Waals surface area contributed by atoms with Gasteiger partial charge in [0.05, 0.1) is 41.2 Å². The van der Waals surface area contributed by atoms with Gasteiger partial charge < -0.3 is 19.6 Å². The van der Waals surface area contributed by atoms with Gasteiger partial charge in [-0.3, -0.25) is 19.5 Å². The van der Waals surface area contributed by atoms with Gasteiger partial charge in [0.15, 0.2) is 5.78 Å². The summed E-state index contributed by atoms with van der Waals surface area (Å²) >= 11 is 1.62. The first-order valence-corrected chi connectivity index (χ1v) is 16.5. The molecule has 1 N–H and O–H groups in total. The second-order valence-corrected chi connectivity index (χ2v) is 15.2. The van der Waals surface area contributed by atoms with Gasteiger partial charge in [0, 0.05) is 55.5 Å². The summed E-state index contributed by atoms with van der Waals surface area (Å²) in [5.74, 6) is 0.206. The Kier molecular flexibility index (Phi) is 8.24. The van der Waals surface area contributed by atoms with Crippen molar-refractivity contribution < 1.29 is 24.2 Å². The van der Waals surface area contributed by atoms with Gasteiger partial charge in [-0.1, -0.05) is 32.0 Å². The van der Waals surface area contributed by atoms with Crippen molar-refractivity contribution in [1.29, 1.82) is 0 Å². The van der Waals surface area contributed by atoms with Gasteiger partial charge in [-0.05, 0) is 67.5 Å². The SMILES string of the molecule is CC1(C)CC(=O)c2sc(N3CCOCC3)c(-c3ccnc(-c4cccc(CC(=O)N5CC(N(C(=O)O)C(C)(C)C)C5)c4)c3)c2C1. The molecule has 10 heteroatoms. The molecule has 2 aromatic heterocycles. The van der Waals surface area contributed by atoms with Gasteiger partial charge in [0.1, 0.15) is 0 Å². The number of amides is 2. The molecule has 3 aliphatic rings. The first-order chi connectivity index (χ1) is 21.3. The molecular formula is C35H42N4O5S. The lowest BCUT2D eigenvalue weighted by Gasteiger charge is -2.49. The number of benzene rings is 1. The van der Waals surface area contributed by atoms with Crippen LogP contribution in [0.4, 0.5) is 9.80 Å². The summed E-state index contributed by atoms with van der Waals surface area (Å²) in [5, 5.41) is 10.8. The number of aromatic nitrogens is 1. The number of rotatable bonds is 6. The highest BCUT2D eigenvalue weighted by atomic mass is 32.1. The Balaban J connectivity index is 1.25. The van der Waals surface area contributed by atoms with Crippen LogP contribution in [0.3, 0.4) is 0 Å². The molecule has 2 aliphatic heterocycles. The number of ketones is 1. The number of ether oxygens (including phenoxy) is 1. The average Bonchev–Trinajstić information content (AvgIpc) is 3.33. The van der Waals surface area contributed by atoms with Crippen molar-refractivity contribution >= 4 is 34.1 Å². The van der Waals surface area contributed by atoms with E-state index in [0.29, 0.717) is 32.7 Å². The first kappa shape index (κ1) is 31.2. The lowest BCUT2D eigenvalue weighted by Crippen LogP contribution is -2.66. The summed E-state index contributed by atoms with van der Waals surface area (Å²) in [6.45, 7) is 13.7. The number of thiophene rings is 1. The first-order valence-electron chi connectivity index (χ1n) is 15.7. The van der Waals surface area contributed by atoms with Crippen molar-refractivity contribution in [3.63, 3.8) is 0 Å². The molecule has 45 heavy (non-hydrogen) atoms. The molecule has 6 rings (SSSR count). The van der Waals surface area contributed by atoms with E-state index in [0.717, 1.165) is 62.9 Å². The maximum atomic E-state index is 13.3. The van der Waals surface area contributed by atoms with Crippen LogP contribution in [-0.4, -0.2) is 88.6 Å². The molecule has 0 bridgehead atoms. The van der Waals surface area contributed by atoms with E-state index in [2.05, 4.69) is 24.8 Å². The second kappa shape index (κ2) is 11.9. The largest absolute Gasteiger partial charge is 0.465 e. The van der Waals surface area contributed by atoms with Gasteiger partial charge in [-0.15, -0.1) is 11.3 Å². The molecular weight excluding hydrogens is 588 g/mol. The zero-order chi connectivity index (χ0) is 32.1. The molecule has 4 heterocycles. The van der Waals surface area contributed by atoms with E-state index in [1.807, 2.05) is 57.3 Å². The Morgan fingerprint density at radius 3 is 2.51 bits per heavy atom. The number of hydrogen-bond acceptors (Lipinski definition) is 7. The fourth-order valence-corrected chi connectivity index (χ4v) is 8.20. The maximum Gasteiger partial charge on any atom is 0.408 e. The van der Waals surface area contributed by atoms with Crippen molar-refractivity contribution in [2.45, 2.75) is 65.5 Å². The van der Waals surface area contributed by atoms with Gasteiger partial charge >= 0.3 is 6.09 Å². The van der Waals surface area contributed by atoms with Crippen molar-refractivity contribution in [3.05, 3.63) is 58.6 Å². The molecule has 0 unspecified atom stereocenters. The smallest absolute Gasteiger partial charge is 0.408 e. The van der Waals surface area contributed by atoms with Crippen LogP contribution in [0.5, 0.6) is 0 Å². The zero-order valence-corrected chi connectivity index (χ0v) is 27.6. The zero-order valence-electron chi connectivity index (χ0n) is 26.8. The fraction of sp³-hybridized carbons (Fsp3) is 0.486. The molecule has 1 aromatic carbocycles. The number of carbonyl (C=O) groups is 3. The molecule has 2 fully saturated rings. The Labute approximate surface area is 268 Å². The molecule has 1 aliphatic carbocycles. The van der Waals surface area contributed by atoms with Gasteiger partial charge in [-0.2, -0.15) is 0 Å². The standard InChI is InChI=1S/C35H42N4O5S/c1-34(2,3)39(33(42)43)25-20-38(21-25)29(41)16-22-7-6-8-23(15-22)27-17-24(9-10-36-27)30-26-18-35(4,5)19-28(40)31(26)45-32(30)37-11-13-44-14-12-37/h6-10,15,17,25H,11-14,16,18-21H2,1-5H3,(H,42,43). The van der Waals surface area contributed by atoms with E-state index in [-0.39, 0.29) is 29.6 Å². The highest BCUT2D eigenvalue weighted by Gasteiger charge is 2.42. The molecule has 0 saturated carbocycles. The molecule has 9 nitrogen and oxygen atoms in total. The number of likely N-dealkylation sites (tertiary alicyclic amines) is 1. The number of pyridine rings is 1. The minimum Gasteiger partial charge on any atom is -0.465 e. The summed E-state index contributed by atoms with van der Waals surface area (Å²) in [6.07, 6.45) is 2.50. The normalized spacial score (nSPS) is 18.4. The van der Waals surface area contributed by atoms with Crippen molar-refractivity contribution in [3.8, 4) is 22.4 Å². The Bertz CT molecular complexity index is 1630. The molecule has 238 valence electrons. The monoisotopic (exact) mass is 630 g/mol. The molecule has 0 atom stereocenters. The molecule has 2 saturated heterocycles. The number of morpholine rings is 1. The predicted octanol–water partition coefficient (Wildman–Crippen LogP) is 6.00. The Morgan fingerprint density at radius 1 is 1.09 bits per heavy atom. The van der Waals surface area contributed by atoms with Gasteiger partial charge in [0.2, 0.25) is 5.91 Å². The topological polar surface area (TPSA) is 103 Å². The third-order valence-corrected chi connectivity index (χ3v) is 10.3. The minimum absolute atomic E-state index is 0.0170. The lowest BCUT2D eigenvalue weighted by atomic mass is 9.75. The highest BCUT2D eigenvalue weighted by molar-refractivity contribution is 7.19. The molecule has 0 spiro atoms. The van der Waals surface area contributed by atoms with Crippen LogP contribution in [0, 0.1) is 5.41 Å². The highest BCUT2D eigenvalue weighted by Crippen LogP contribution is 2.49. The number of anilines is 1. The van der Waals surface area contributed by atoms with E-state index < -0.39 is 11.6 Å². The van der Waals surface area contributed by atoms with Crippen LogP contribution >= 0.6 is 11.3 Å². The van der Waals surface area contributed by atoms with Crippen LogP contribution in [0.2, 0.25) is 0 Å². The van der Waals surface area contributed by atoms with Gasteiger partial charge in [0.25, 0.3) is 0 Å².